The number of aryl methyl sites for hydroxylation is 3. The lowest BCUT2D eigenvalue weighted by molar-refractivity contribution is 0.333. The molecule has 0 aromatic heterocycles. The van der Waals surface area contributed by atoms with Gasteiger partial charge in [-0.3, -0.25) is 0 Å². The minimum absolute atomic E-state index is 0.280. The highest BCUT2D eigenvalue weighted by Gasteiger charge is 2.17. The van der Waals surface area contributed by atoms with Crippen LogP contribution in [0.25, 0.3) is 0 Å². The first-order chi connectivity index (χ1) is 10.5. The molecule has 0 fully saturated rings. The molecule has 2 aromatic carbocycles. The number of benzene rings is 2. The molecule has 0 aliphatic heterocycles. The van der Waals surface area contributed by atoms with Crippen LogP contribution in [0.15, 0.2) is 36.4 Å². The van der Waals surface area contributed by atoms with Crippen molar-refractivity contribution < 1.29 is 4.74 Å². The Morgan fingerprint density at radius 1 is 1.05 bits per heavy atom. The molecule has 2 aromatic rings. The highest BCUT2D eigenvalue weighted by atomic mass is 16.5. The van der Waals surface area contributed by atoms with Gasteiger partial charge in [-0.15, -0.1) is 0 Å². The van der Waals surface area contributed by atoms with Crippen molar-refractivity contribution in [2.24, 2.45) is 5.73 Å². The molecule has 2 nitrogen and oxygen atoms in total. The van der Waals surface area contributed by atoms with Crippen LogP contribution >= 0.6 is 0 Å². The molecule has 22 heavy (non-hydrogen) atoms. The Labute approximate surface area is 134 Å². The van der Waals surface area contributed by atoms with E-state index in [0.29, 0.717) is 13.2 Å². The van der Waals surface area contributed by atoms with Gasteiger partial charge in [0.1, 0.15) is 5.75 Å². The molecule has 0 saturated heterocycles. The number of rotatable bonds is 6. The molecule has 2 N–H and O–H groups in total. The minimum Gasteiger partial charge on any atom is -0.494 e. The molecule has 0 aliphatic rings. The Balaban J connectivity index is 2.35. The lowest BCUT2D eigenvalue weighted by atomic mass is 9.89. The monoisotopic (exact) mass is 297 g/mol. The molecule has 2 heteroatoms. The van der Waals surface area contributed by atoms with Crippen LogP contribution in [0.2, 0.25) is 0 Å². The molecular formula is C20H27NO. The number of ether oxygens (including phenoxy) is 1. The third-order valence-electron chi connectivity index (χ3n) is 4.21. The fourth-order valence-electron chi connectivity index (χ4n) is 2.86. The molecule has 0 aliphatic carbocycles. The van der Waals surface area contributed by atoms with Crippen molar-refractivity contribution >= 4 is 0 Å². The minimum atomic E-state index is 0.280. The first kappa shape index (κ1) is 16.6. The maximum atomic E-state index is 6.09. The van der Waals surface area contributed by atoms with E-state index < -0.39 is 0 Å². The van der Waals surface area contributed by atoms with E-state index in [4.69, 9.17) is 10.5 Å². The summed E-state index contributed by atoms with van der Waals surface area (Å²) in [7, 11) is 0. The van der Waals surface area contributed by atoms with Crippen molar-refractivity contribution in [2.45, 2.75) is 40.0 Å². The number of hydrogen-bond acceptors (Lipinski definition) is 2. The first-order valence-electron chi connectivity index (χ1n) is 8.04. The molecule has 1 atom stereocenters. The second-order valence-electron chi connectivity index (χ2n) is 6.03. The molecule has 0 heterocycles. The van der Waals surface area contributed by atoms with E-state index in [-0.39, 0.29) is 5.92 Å². The maximum absolute atomic E-state index is 6.09. The van der Waals surface area contributed by atoms with Gasteiger partial charge in [-0.2, -0.15) is 0 Å². The summed E-state index contributed by atoms with van der Waals surface area (Å²) in [5.74, 6) is 1.26. The highest BCUT2D eigenvalue weighted by molar-refractivity contribution is 5.44. The lowest BCUT2D eigenvalue weighted by Gasteiger charge is -2.21. The Hall–Kier alpha value is -1.80. The third-order valence-corrected chi connectivity index (χ3v) is 4.21. The Morgan fingerprint density at radius 3 is 2.41 bits per heavy atom. The predicted octanol–water partition coefficient (Wildman–Crippen LogP) is 4.30. The van der Waals surface area contributed by atoms with Gasteiger partial charge in [0.05, 0.1) is 6.61 Å². The molecule has 0 amide bonds. The van der Waals surface area contributed by atoms with E-state index in [2.05, 4.69) is 57.2 Å². The van der Waals surface area contributed by atoms with Crippen molar-refractivity contribution in [1.82, 2.24) is 0 Å². The average Bonchev–Trinajstić information content (AvgIpc) is 2.49. The topological polar surface area (TPSA) is 35.2 Å². The summed E-state index contributed by atoms with van der Waals surface area (Å²) in [5.41, 5.74) is 12.5. The molecule has 0 bridgehead atoms. The Morgan fingerprint density at radius 2 is 1.77 bits per heavy atom. The fourth-order valence-corrected chi connectivity index (χ4v) is 2.86. The quantitative estimate of drug-likeness (QED) is 0.863. The van der Waals surface area contributed by atoms with E-state index in [0.717, 1.165) is 12.2 Å². The van der Waals surface area contributed by atoms with E-state index in [1.807, 2.05) is 6.92 Å². The SMILES string of the molecule is CCOc1cc(C)c(C)cc1C(CN)Cc1cccc(C)c1. The van der Waals surface area contributed by atoms with Gasteiger partial charge in [-0.25, -0.2) is 0 Å². The van der Waals surface area contributed by atoms with Gasteiger partial charge in [0.15, 0.2) is 0 Å². The van der Waals surface area contributed by atoms with Gasteiger partial charge < -0.3 is 10.5 Å². The standard InChI is InChI=1S/C20H27NO/c1-5-22-20-11-16(4)15(3)10-19(20)18(13-21)12-17-8-6-7-14(2)9-17/h6-11,18H,5,12-13,21H2,1-4H3. The van der Waals surface area contributed by atoms with E-state index in [1.54, 1.807) is 0 Å². The summed E-state index contributed by atoms with van der Waals surface area (Å²) in [6.07, 6.45) is 0.945. The van der Waals surface area contributed by atoms with Crippen LogP contribution in [0.4, 0.5) is 0 Å². The van der Waals surface area contributed by atoms with Crippen molar-refractivity contribution in [3.8, 4) is 5.75 Å². The van der Waals surface area contributed by atoms with Gasteiger partial charge in [0.2, 0.25) is 0 Å². The third kappa shape index (κ3) is 3.89. The zero-order valence-electron chi connectivity index (χ0n) is 14.1. The molecule has 2 rings (SSSR count). The van der Waals surface area contributed by atoms with Crippen molar-refractivity contribution in [1.29, 1.82) is 0 Å². The summed E-state index contributed by atoms with van der Waals surface area (Å²) < 4.78 is 5.86. The van der Waals surface area contributed by atoms with Gasteiger partial charge in [-0.1, -0.05) is 35.9 Å². The maximum Gasteiger partial charge on any atom is 0.123 e. The van der Waals surface area contributed by atoms with Gasteiger partial charge in [0.25, 0.3) is 0 Å². The summed E-state index contributed by atoms with van der Waals surface area (Å²) in [6, 6.07) is 13.0. The summed E-state index contributed by atoms with van der Waals surface area (Å²) in [4.78, 5) is 0. The largest absolute Gasteiger partial charge is 0.494 e. The molecule has 0 saturated carbocycles. The lowest BCUT2D eigenvalue weighted by Crippen LogP contribution is -2.17. The van der Waals surface area contributed by atoms with Crippen LogP contribution in [0.1, 0.15) is 40.7 Å². The van der Waals surface area contributed by atoms with Crippen molar-refractivity contribution in [3.05, 3.63) is 64.2 Å². The van der Waals surface area contributed by atoms with E-state index >= 15 is 0 Å². The van der Waals surface area contributed by atoms with Gasteiger partial charge in [-0.05, 0) is 69.0 Å². The van der Waals surface area contributed by atoms with Crippen LogP contribution in [0, 0.1) is 20.8 Å². The smallest absolute Gasteiger partial charge is 0.123 e. The molecule has 118 valence electrons. The average molecular weight is 297 g/mol. The van der Waals surface area contributed by atoms with E-state index in [9.17, 15) is 0 Å². The highest BCUT2D eigenvalue weighted by Crippen LogP contribution is 2.32. The number of hydrogen-bond donors (Lipinski definition) is 1. The van der Waals surface area contributed by atoms with Crippen LogP contribution in [-0.2, 0) is 6.42 Å². The predicted molar refractivity (Wildman–Crippen MR) is 93.8 cm³/mol. The normalized spacial score (nSPS) is 12.2. The summed E-state index contributed by atoms with van der Waals surface area (Å²) >= 11 is 0. The molecule has 1 unspecified atom stereocenters. The summed E-state index contributed by atoms with van der Waals surface area (Å²) in [5, 5.41) is 0. The van der Waals surface area contributed by atoms with Crippen molar-refractivity contribution in [2.75, 3.05) is 13.2 Å². The second-order valence-corrected chi connectivity index (χ2v) is 6.03. The second kappa shape index (κ2) is 7.46. The van der Waals surface area contributed by atoms with Crippen LogP contribution in [0.3, 0.4) is 0 Å². The zero-order chi connectivity index (χ0) is 16.1. The van der Waals surface area contributed by atoms with Gasteiger partial charge in [0, 0.05) is 5.92 Å². The van der Waals surface area contributed by atoms with Crippen LogP contribution in [-0.4, -0.2) is 13.2 Å². The summed E-state index contributed by atoms with van der Waals surface area (Å²) in [6.45, 7) is 9.72. The van der Waals surface area contributed by atoms with Gasteiger partial charge >= 0.3 is 0 Å². The Kier molecular flexibility index (Phi) is 5.62. The first-order valence-corrected chi connectivity index (χ1v) is 8.04. The Bertz CT molecular complexity index is 634. The van der Waals surface area contributed by atoms with E-state index in [1.165, 1.54) is 27.8 Å². The van der Waals surface area contributed by atoms with Crippen LogP contribution < -0.4 is 10.5 Å². The molecule has 0 radical (unpaired) electrons. The molecule has 0 spiro atoms. The van der Waals surface area contributed by atoms with Crippen LogP contribution in [0.5, 0.6) is 5.75 Å². The van der Waals surface area contributed by atoms with Crippen molar-refractivity contribution in [3.63, 3.8) is 0 Å². The fraction of sp³-hybridized carbons (Fsp3) is 0.400. The number of nitrogens with two attached hydrogens (primary N) is 1. The zero-order valence-corrected chi connectivity index (χ0v) is 14.1. The molecular weight excluding hydrogens is 270 g/mol.